The van der Waals surface area contributed by atoms with Crippen molar-refractivity contribution in [2.45, 2.75) is 31.8 Å². The van der Waals surface area contributed by atoms with Crippen LogP contribution in [0.25, 0.3) is 0 Å². The van der Waals surface area contributed by atoms with Gasteiger partial charge in [-0.25, -0.2) is 0 Å². The highest BCUT2D eigenvalue weighted by Gasteiger charge is 2.40. The third-order valence-corrected chi connectivity index (χ3v) is 3.09. The van der Waals surface area contributed by atoms with Crippen molar-refractivity contribution in [1.82, 2.24) is 0 Å². The van der Waals surface area contributed by atoms with Gasteiger partial charge >= 0.3 is 0 Å². The molecule has 0 aliphatic heterocycles. The maximum absolute atomic E-state index is 9.89. The van der Waals surface area contributed by atoms with Gasteiger partial charge in [-0.05, 0) is 43.0 Å². The van der Waals surface area contributed by atoms with Crippen molar-refractivity contribution >= 4 is 11.6 Å². The number of hydrogen-bond acceptors (Lipinski definition) is 2. The van der Waals surface area contributed by atoms with E-state index in [0.717, 1.165) is 29.7 Å². The molecule has 1 saturated carbocycles. The first-order chi connectivity index (χ1) is 7.04. The second-order valence-electron chi connectivity index (χ2n) is 4.32. The SMILES string of the molecule is COc1c(C)cc(Cl)cc1CC1(O)CC1. The van der Waals surface area contributed by atoms with Crippen LogP contribution in [-0.4, -0.2) is 17.8 Å². The highest BCUT2D eigenvalue weighted by atomic mass is 35.5. The van der Waals surface area contributed by atoms with Crippen molar-refractivity contribution in [3.05, 3.63) is 28.3 Å². The summed E-state index contributed by atoms with van der Waals surface area (Å²) < 4.78 is 5.34. The molecule has 0 bridgehead atoms. The van der Waals surface area contributed by atoms with Gasteiger partial charge in [0, 0.05) is 11.4 Å². The zero-order chi connectivity index (χ0) is 11.1. The van der Waals surface area contributed by atoms with Crippen LogP contribution in [0, 0.1) is 6.92 Å². The molecule has 1 aromatic rings. The van der Waals surface area contributed by atoms with Crippen LogP contribution in [0.3, 0.4) is 0 Å². The normalized spacial score (nSPS) is 17.6. The molecule has 0 unspecified atom stereocenters. The van der Waals surface area contributed by atoms with Crippen molar-refractivity contribution in [1.29, 1.82) is 0 Å². The predicted octanol–water partition coefficient (Wildman–Crippen LogP) is 2.72. The Morgan fingerprint density at radius 1 is 1.47 bits per heavy atom. The number of aryl methyl sites for hydroxylation is 1. The number of hydrogen-bond donors (Lipinski definition) is 1. The molecule has 1 fully saturated rings. The van der Waals surface area contributed by atoms with E-state index in [1.165, 1.54) is 0 Å². The molecule has 0 heterocycles. The van der Waals surface area contributed by atoms with Gasteiger partial charge in [-0.15, -0.1) is 0 Å². The Bertz CT molecular complexity index is 383. The molecule has 2 rings (SSSR count). The first-order valence-electron chi connectivity index (χ1n) is 5.09. The van der Waals surface area contributed by atoms with E-state index >= 15 is 0 Å². The number of aliphatic hydroxyl groups is 1. The average Bonchev–Trinajstić information content (AvgIpc) is 2.82. The van der Waals surface area contributed by atoms with E-state index in [4.69, 9.17) is 16.3 Å². The van der Waals surface area contributed by atoms with E-state index in [-0.39, 0.29) is 0 Å². The van der Waals surface area contributed by atoms with Gasteiger partial charge in [0.25, 0.3) is 0 Å². The minimum Gasteiger partial charge on any atom is -0.496 e. The molecule has 1 aliphatic carbocycles. The first-order valence-corrected chi connectivity index (χ1v) is 5.47. The lowest BCUT2D eigenvalue weighted by atomic mass is 10.0. The number of methoxy groups -OCH3 is 1. The van der Waals surface area contributed by atoms with Crippen molar-refractivity contribution in [3.8, 4) is 5.75 Å². The van der Waals surface area contributed by atoms with Gasteiger partial charge in [0.05, 0.1) is 12.7 Å². The fourth-order valence-corrected chi connectivity index (χ4v) is 2.19. The zero-order valence-corrected chi connectivity index (χ0v) is 9.77. The van der Waals surface area contributed by atoms with Crippen LogP contribution in [0.15, 0.2) is 12.1 Å². The summed E-state index contributed by atoms with van der Waals surface area (Å²) in [5.41, 5.74) is 1.51. The second-order valence-corrected chi connectivity index (χ2v) is 4.75. The molecule has 3 heteroatoms. The number of benzene rings is 1. The molecule has 82 valence electrons. The van der Waals surface area contributed by atoms with E-state index in [2.05, 4.69) is 0 Å². The highest BCUT2D eigenvalue weighted by Crippen LogP contribution is 2.41. The Labute approximate surface area is 94.8 Å². The van der Waals surface area contributed by atoms with Crippen molar-refractivity contribution in [2.24, 2.45) is 0 Å². The van der Waals surface area contributed by atoms with Gasteiger partial charge in [-0.1, -0.05) is 11.6 Å². The van der Waals surface area contributed by atoms with Crippen LogP contribution in [0.1, 0.15) is 24.0 Å². The van der Waals surface area contributed by atoms with E-state index < -0.39 is 5.60 Å². The molecule has 0 atom stereocenters. The van der Waals surface area contributed by atoms with Crippen LogP contribution in [0.5, 0.6) is 5.75 Å². The molecule has 0 amide bonds. The van der Waals surface area contributed by atoms with Crippen LogP contribution in [0.2, 0.25) is 5.02 Å². The Morgan fingerprint density at radius 3 is 2.67 bits per heavy atom. The largest absolute Gasteiger partial charge is 0.496 e. The fraction of sp³-hybridized carbons (Fsp3) is 0.500. The maximum Gasteiger partial charge on any atom is 0.125 e. The van der Waals surface area contributed by atoms with E-state index in [0.29, 0.717) is 11.4 Å². The van der Waals surface area contributed by atoms with Gasteiger partial charge in [-0.2, -0.15) is 0 Å². The van der Waals surface area contributed by atoms with Crippen LogP contribution < -0.4 is 4.74 Å². The standard InChI is InChI=1S/C12H15ClO2/c1-8-5-10(13)6-9(11(8)15-2)7-12(14)3-4-12/h5-6,14H,3-4,7H2,1-2H3. The molecule has 15 heavy (non-hydrogen) atoms. The van der Waals surface area contributed by atoms with Gasteiger partial charge < -0.3 is 9.84 Å². The number of rotatable bonds is 3. The molecule has 0 radical (unpaired) electrons. The summed E-state index contributed by atoms with van der Waals surface area (Å²) >= 11 is 5.99. The van der Waals surface area contributed by atoms with Crippen LogP contribution in [-0.2, 0) is 6.42 Å². The minimum atomic E-state index is -0.510. The lowest BCUT2D eigenvalue weighted by molar-refractivity contribution is 0.150. The van der Waals surface area contributed by atoms with Crippen LogP contribution in [0.4, 0.5) is 0 Å². The third kappa shape index (κ3) is 2.27. The Kier molecular flexibility index (Phi) is 2.65. The molecule has 1 aliphatic rings. The van der Waals surface area contributed by atoms with Crippen LogP contribution >= 0.6 is 11.6 Å². The minimum absolute atomic E-state index is 0.510. The fourth-order valence-electron chi connectivity index (χ4n) is 1.90. The summed E-state index contributed by atoms with van der Waals surface area (Å²) in [4.78, 5) is 0. The number of ether oxygens (including phenoxy) is 1. The highest BCUT2D eigenvalue weighted by molar-refractivity contribution is 6.30. The third-order valence-electron chi connectivity index (χ3n) is 2.87. The molecular formula is C12H15ClO2. The van der Waals surface area contributed by atoms with Gasteiger partial charge in [0.2, 0.25) is 0 Å². The Hall–Kier alpha value is -0.730. The Balaban J connectivity index is 2.35. The summed E-state index contributed by atoms with van der Waals surface area (Å²) in [5, 5.41) is 10.6. The lowest BCUT2D eigenvalue weighted by Crippen LogP contribution is -2.12. The Morgan fingerprint density at radius 2 is 2.13 bits per heavy atom. The van der Waals surface area contributed by atoms with Crippen molar-refractivity contribution in [2.75, 3.05) is 7.11 Å². The molecule has 0 aromatic heterocycles. The molecule has 0 spiro atoms. The molecule has 2 nitrogen and oxygen atoms in total. The summed E-state index contributed by atoms with van der Waals surface area (Å²) in [6.45, 7) is 1.96. The van der Waals surface area contributed by atoms with Gasteiger partial charge in [0.1, 0.15) is 5.75 Å². The molecule has 1 aromatic carbocycles. The summed E-state index contributed by atoms with van der Waals surface area (Å²) in [7, 11) is 1.65. The van der Waals surface area contributed by atoms with E-state index in [1.54, 1.807) is 7.11 Å². The molecular weight excluding hydrogens is 212 g/mol. The number of halogens is 1. The lowest BCUT2D eigenvalue weighted by Gasteiger charge is -2.14. The average molecular weight is 227 g/mol. The molecule has 0 saturated heterocycles. The monoisotopic (exact) mass is 226 g/mol. The quantitative estimate of drug-likeness (QED) is 0.859. The predicted molar refractivity (Wildman–Crippen MR) is 60.6 cm³/mol. The summed E-state index contributed by atoms with van der Waals surface area (Å²) in [6.07, 6.45) is 2.39. The first kappa shape index (κ1) is 10.8. The summed E-state index contributed by atoms with van der Waals surface area (Å²) in [5.74, 6) is 0.847. The van der Waals surface area contributed by atoms with Crippen molar-refractivity contribution in [3.63, 3.8) is 0 Å². The van der Waals surface area contributed by atoms with Crippen molar-refractivity contribution < 1.29 is 9.84 Å². The zero-order valence-electron chi connectivity index (χ0n) is 9.01. The maximum atomic E-state index is 9.89. The second kappa shape index (κ2) is 3.69. The summed E-state index contributed by atoms with van der Waals surface area (Å²) in [6, 6.07) is 3.75. The molecule has 1 N–H and O–H groups in total. The smallest absolute Gasteiger partial charge is 0.125 e. The van der Waals surface area contributed by atoms with E-state index in [9.17, 15) is 5.11 Å². The van der Waals surface area contributed by atoms with E-state index in [1.807, 2.05) is 19.1 Å². The van der Waals surface area contributed by atoms with Gasteiger partial charge in [-0.3, -0.25) is 0 Å². The van der Waals surface area contributed by atoms with Gasteiger partial charge in [0.15, 0.2) is 0 Å². The topological polar surface area (TPSA) is 29.5 Å².